The molecule has 3 N–H and O–H groups in total. The van der Waals surface area contributed by atoms with Crippen LogP contribution in [0.5, 0.6) is 5.75 Å². The molecule has 4 nitrogen and oxygen atoms in total. The van der Waals surface area contributed by atoms with Crippen molar-refractivity contribution in [3.63, 3.8) is 0 Å². The normalized spacial score (nSPS) is 18.6. The zero-order valence-electron chi connectivity index (χ0n) is 10.7. The summed E-state index contributed by atoms with van der Waals surface area (Å²) in [7, 11) is 0. The average Bonchev–Trinajstić information content (AvgIpc) is 2.28. The van der Waals surface area contributed by atoms with Gasteiger partial charge in [0.05, 0.1) is 12.6 Å². The second-order valence-electron chi connectivity index (χ2n) is 4.62. The van der Waals surface area contributed by atoms with E-state index in [0.29, 0.717) is 13.0 Å². The van der Waals surface area contributed by atoms with Gasteiger partial charge in [0, 0.05) is 28.9 Å². The van der Waals surface area contributed by atoms with Gasteiger partial charge in [-0.15, -0.1) is 12.4 Å². The highest BCUT2D eigenvalue weighted by molar-refractivity contribution is 9.10. The number of fused-ring (bicyclic) bond motifs is 1. The first kappa shape index (κ1) is 16.3. The Kier molecular flexibility index (Phi) is 6.10. The van der Waals surface area contributed by atoms with Crippen molar-refractivity contribution in [2.24, 2.45) is 5.73 Å². The zero-order valence-corrected chi connectivity index (χ0v) is 13.1. The summed E-state index contributed by atoms with van der Waals surface area (Å²) < 4.78 is 6.56. The van der Waals surface area contributed by atoms with Crippen molar-refractivity contribution < 1.29 is 9.53 Å². The quantitative estimate of drug-likeness (QED) is 0.881. The molecule has 1 aliphatic rings. The summed E-state index contributed by atoms with van der Waals surface area (Å²) in [6.45, 7) is 2.45. The minimum atomic E-state index is -0.119. The fourth-order valence-corrected chi connectivity index (χ4v) is 2.44. The topological polar surface area (TPSA) is 64.4 Å². The maximum Gasteiger partial charge on any atom is 0.222 e. The summed E-state index contributed by atoms with van der Waals surface area (Å²) in [6.07, 6.45) is 1.13. The molecule has 2 atom stereocenters. The Hall–Kier alpha value is -0.780. The third-order valence-corrected chi connectivity index (χ3v) is 3.35. The van der Waals surface area contributed by atoms with Crippen molar-refractivity contribution in [3.05, 3.63) is 28.2 Å². The number of carbonyl (C=O) groups excluding carboxylic acids is 1. The standard InChI is InChI=1S/C13H17BrN2O2.ClH/c1-8(15)6-13(17)16-11-4-5-18-12-3-2-9(14)7-10(11)12;/h2-3,7-8,11H,4-6,15H2,1H3,(H,16,17);1H. The lowest BCUT2D eigenvalue weighted by molar-refractivity contribution is -0.122. The van der Waals surface area contributed by atoms with Crippen LogP contribution in [0.25, 0.3) is 0 Å². The van der Waals surface area contributed by atoms with Crippen LogP contribution in [-0.4, -0.2) is 18.6 Å². The molecule has 1 aromatic rings. The van der Waals surface area contributed by atoms with Crippen LogP contribution in [-0.2, 0) is 4.79 Å². The van der Waals surface area contributed by atoms with Crippen LogP contribution in [0.2, 0.25) is 0 Å². The van der Waals surface area contributed by atoms with E-state index in [1.807, 2.05) is 25.1 Å². The number of hydrogen-bond acceptors (Lipinski definition) is 3. The molecule has 0 spiro atoms. The number of nitrogens with two attached hydrogens (primary N) is 1. The molecule has 0 saturated heterocycles. The number of halogens is 2. The summed E-state index contributed by atoms with van der Waals surface area (Å²) in [5.41, 5.74) is 6.65. The van der Waals surface area contributed by atoms with E-state index in [1.54, 1.807) is 0 Å². The van der Waals surface area contributed by atoms with Crippen LogP contribution < -0.4 is 15.8 Å². The number of amides is 1. The van der Waals surface area contributed by atoms with Gasteiger partial charge in [-0.2, -0.15) is 0 Å². The Morgan fingerprint density at radius 3 is 3.05 bits per heavy atom. The fourth-order valence-electron chi connectivity index (χ4n) is 2.06. The van der Waals surface area contributed by atoms with Gasteiger partial charge >= 0.3 is 0 Å². The Morgan fingerprint density at radius 1 is 1.63 bits per heavy atom. The smallest absolute Gasteiger partial charge is 0.222 e. The maximum absolute atomic E-state index is 11.8. The Labute approximate surface area is 127 Å². The molecular formula is C13H18BrClN2O2. The molecule has 0 fully saturated rings. The summed E-state index contributed by atoms with van der Waals surface area (Å²) in [5, 5.41) is 3.01. The molecule has 1 aliphatic heterocycles. The van der Waals surface area contributed by atoms with Crippen LogP contribution in [0, 0.1) is 0 Å². The highest BCUT2D eigenvalue weighted by atomic mass is 79.9. The maximum atomic E-state index is 11.8. The zero-order chi connectivity index (χ0) is 13.1. The lowest BCUT2D eigenvalue weighted by Gasteiger charge is -2.27. The highest BCUT2D eigenvalue weighted by Crippen LogP contribution is 2.34. The molecule has 0 radical (unpaired) electrons. The molecule has 2 unspecified atom stereocenters. The predicted molar refractivity (Wildman–Crippen MR) is 80.7 cm³/mol. The van der Waals surface area contributed by atoms with Crippen LogP contribution in [0.15, 0.2) is 22.7 Å². The molecule has 1 aromatic carbocycles. The largest absolute Gasteiger partial charge is 0.493 e. The SMILES string of the molecule is CC(N)CC(=O)NC1CCOc2ccc(Br)cc21.Cl. The van der Waals surface area contributed by atoms with E-state index in [4.69, 9.17) is 10.5 Å². The first-order valence-electron chi connectivity index (χ1n) is 6.03. The van der Waals surface area contributed by atoms with E-state index >= 15 is 0 Å². The van der Waals surface area contributed by atoms with Crippen molar-refractivity contribution in [2.75, 3.05) is 6.61 Å². The molecule has 0 aromatic heterocycles. The van der Waals surface area contributed by atoms with Crippen LogP contribution in [0.3, 0.4) is 0 Å². The van der Waals surface area contributed by atoms with Gasteiger partial charge in [-0.05, 0) is 25.1 Å². The summed E-state index contributed by atoms with van der Waals surface area (Å²) >= 11 is 3.44. The second kappa shape index (κ2) is 7.12. The van der Waals surface area contributed by atoms with E-state index < -0.39 is 0 Å². The van der Waals surface area contributed by atoms with Crippen LogP contribution >= 0.6 is 28.3 Å². The van der Waals surface area contributed by atoms with Gasteiger partial charge in [-0.1, -0.05) is 15.9 Å². The summed E-state index contributed by atoms with van der Waals surface area (Å²) in [6, 6.07) is 5.74. The van der Waals surface area contributed by atoms with Crippen molar-refractivity contribution in [3.8, 4) is 5.75 Å². The Bertz CT molecular complexity index is 454. The van der Waals surface area contributed by atoms with Crippen molar-refractivity contribution in [1.82, 2.24) is 5.32 Å². The minimum Gasteiger partial charge on any atom is -0.493 e. The van der Waals surface area contributed by atoms with Gasteiger partial charge in [0.1, 0.15) is 5.75 Å². The highest BCUT2D eigenvalue weighted by Gasteiger charge is 2.23. The molecular weight excluding hydrogens is 332 g/mol. The molecule has 1 heterocycles. The Morgan fingerprint density at radius 2 is 2.37 bits per heavy atom. The number of nitrogens with one attached hydrogen (secondary N) is 1. The monoisotopic (exact) mass is 348 g/mol. The van der Waals surface area contributed by atoms with Crippen molar-refractivity contribution in [1.29, 1.82) is 0 Å². The van der Waals surface area contributed by atoms with Crippen molar-refractivity contribution >= 4 is 34.2 Å². The molecule has 2 rings (SSSR count). The molecule has 19 heavy (non-hydrogen) atoms. The molecule has 1 amide bonds. The first-order chi connectivity index (χ1) is 8.56. The van der Waals surface area contributed by atoms with Gasteiger partial charge in [-0.3, -0.25) is 4.79 Å². The van der Waals surface area contributed by atoms with E-state index in [1.165, 1.54) is 0 Å². The fraction of sp³-hybridized carbons (Fsp3) is 0.462. The second-order valence-corrected chi connectivity index (χ2v) is 5.54. The third-order valence-electron chi connectivity index (χ3n) is 2.85. The minimum absolute atomic E-state index is 0. The first-order valence-corrected chi connectivity index (χ1v) is 6.83. The Balaban J connectivity index is 0.00000180. The van der Waals surface area contributed by atoms with E-state index in [2.05, 4.69) is 21.2 Å². The van der Waals surface area contributed by atoms with Gasteiger partial charge in [0.25, 0.3) is 0 Å². The molecule has 0 aliphatic carbocycles. The van der Waals surface area contributed by atoms with Gasteiger partial charge in [0.2, 0.25) is 5.91 Å². The van der Waals surface area contributed by atoms with E-state index in [0.717, 1.165) is 22.2 Å². The van der Waals surface area contributed by atoms with E-state index in [-0.39, 0.29) is 30.4 Å². The van der Waals surface area contributed by atoms with E-state index in [9.17, 15) is 4.79 Å². The third kappa shape index (κ3) is 4.37. The lowest BCUT2D eigenvalue weighted by atomic mass is 10.0. The number of rotatable bonds is 3. The van der Waals surface area contributed by atoms with Crippen LogP contribution in [0.1, 0.15) is 31.4 Å². The number of hydrogen-bond donors (Lipinski definition) is 2. The average molecular weight is 350 g/mol. The van der Waals surface area contributed by atoms with Gasteiger partial charge in [0.15, 0.2) is 0 Å². The van der Waals surface area contributed by atoms with Crippen molar-refractivity contribution in [2.45, 2.75) is 31.8 Å². The predicted octanol–water partition coefficient (Wildman–Crippen LogP) is 2.55. The molecule has 6 heteroatoms. The summed E-state index contributed by atoms with van der Waals surface area (Å²) in [5.74, 6) is 0.832. The molecule has 0 saturated carbocycles. The van der Waals surface area contributed by atoms with Gasteiger partial charge in [-0.25, -0.2) is 0 Å². The number of benzene rings is 1. The number of ether oxygens (including phenoxy) is 1. The molecule has 0 bridgehead atoms. The number of carbonyl (C=O) groups is 1. The summed E-state index contributed by atoms with van der Waals surface area (Å²) in [4.78, 5) is 11.8. The lowest BCUT2D eigenvalue weighted by Crippen LogP contribution is -2.35. The van der Waals surface area contributed by atoms with Gasteiger partial charge < -0.3 is 15.8 Å². The van der Waals surface area contributed by atoms with Crippen LogP contribution in [0.4, 0.5) is 0 Å². The molecule has 106 valence electrons.